The SMILES string of the molecule is CC(=O)Nc1ccc(NC(=O)CSc2nnc(Cc3ccccc3)c(=O)[nH]2)cc1. The highest BCUT2D eigenvalue weighted by molar-refractivity contribution is 7.99. The number of aromatic amines is 1. The molecule has 1 heterocycles. The smallest absolute Gasteiger partial charge is 0.273 e. The molecule has 2 aromatic carbocycles. The molecule has 1 aromatic heterocycles. The van der Waals surface area contributed by atoms with Gasteiger partial charge in [-0.05, 0) is 29.8 Å². The first-order chi connectivity index (χ1) is 14.0. The number of aromatic nitrogens is 3. The van der Waals surface area contributed by atoms with Gasteiger partial charge < -0.3 is 10.6 Å². The zero-order chi connectivity index (χ0) is 20.6. The molecule has 3 N–H and O–H groups in total. The summed E-state index contributed by atoms with van der Waals surface area (Å²) in [7, 11) is 0. The van der Waals surface area contributed by atoms with Crippen LogP contribution in [0.4, 0.5) is 11.4 Å². The lowest BCUT2D eigenvalue weighted by molar-refractivity contribution is -0.114. The molecule has 148 valence electrons. The Balaban J connectivity index is 1.53. The summed E-state index contributed by atoms with van der Waals surface area (Å²) in [5.74, 6) is -0.350. The summed E-state index contributed by atoms with van der Waals surface area (Å²) >= 11 is 1.09. The van der Waals surface area contributed by atoms with Gasteiger partial charge in [-0.1, -0.05) is 42.1 Å². The monoisotopic (exact) mass is 409 g/mol. The maximum absolute atomic E-state index is 12.2. The number of anilines is 2. The summed E-state index contributed by atoms with van der Waals surface area (Å²) in [5.41, 5.74) is 2.22. The lowest BCUT2D eigenvalue weighted by Crippen LogP contribution is -2.19. The van der Waals surface area contributed by atoms with Gasteiger partial charge in [-0.2, -0.15) is 0 Å². The minimum atomic E-state index is -0.319. The van der Waals surface area contributed by atoms with Crippen molar-refractivity contribution in [1.29, 1.82) is 0 Å². The van der Waals surface area contributed by atoms with Crippen LogP contribution in [0.3, 0.4) is 0 Å². The number of thioether (sulfide) groups is 1. The molecule has 9 heteroatoms. The normalized spacial score (nSPS) is 10.4. The summed E-state index contributed by atoms with van der Waals surface area (Å²) in [5, 5.41) is 13.7. The molecule has 0 radical (unpaired) electrons. The largest absolute Gasteiger partial charge is 0.326 e. The van der Waals surface area contributed by atoms with E-state index in [0.717, 1.165) is 17.3 Å². The number of carbonyl (C=O) groups is 2. The van der Waals surface area contributed by atoms with E-state index in [-0.39, 0.29) is 28.3 Å². The van der Waals surface area contributed by atoms with Crippen molar-refractivity contribution in [1.82, 2.24) is 15.2 Å². The minimum Gasteiger partial charge on any atom is -0.326 e. The van der Waals surface area contributed by atoms with Crippen molar-refractivity contribution < 1.29 is 9.59 Å². The average Bonchev–Trinajstić information content (AvgIpc) is 2.70. The van der Waals surface area contributed by atoms with Crippen molar-refractivity contribution in [3.63, 3.8) is 0 Å². The van der Waals surface area contributed by atoms with Crippen LogP contribution in [0.1, 0.15) is 18.2 Å². The van der Waals surface area contributed by atoms with Crippen LogP contribution in [0.15, 0.2) is 64.5 Å². The number of carbonyl (C=O) groups excluding carboxylic acids is 2. The Morgan fingerprint density at radius 3 is 2.24 bits per heavy atom. The molecule has 3 rings (SSSR count). The molecule has 3 aromatic rings. The summed E-state index contributed by atoms with van der Waals surface area (Å²) < 4.78 is 0. The Morgan fingerprint density at radius 2 is 1.62 bits per heavy atom. The van der Waals surface area contributed by atoms with Gasteiger partial charge in [0, 0.05) is 24.7 Å². The van der Waals surface area contributed by atoms with E-state index in [4.69, 9.17) is 0 Å². The third-order valence-corrected chi connectivity index (χ3v) is 4.65. The van der Waals surface area contributed by atoms with Crippen LogP contribution >= 0.6 is 11.8 Å². The van der Waals surface area contributed by atoms with Gasteiger partial charge in [0.25, 0.3) is 5.56 Å². The molecule has 0 saturated heterocycles. The van der Waals surface area contributed by atoms with E-state index in [1.54, 1.807) is 24.3 Å². The van der Waals surface area contributed by atoms with Crippen molar-refractivity contribution in [3.05, 3.63) is 76.2 Å². The molecule has 8 nitrogen and oxygen atoms in total. The number of H-pyrrole nitrogens is 1. The highest BCUT2D eigenvalue weighted by atomic mass is 32.2. The molecular weight excluding hydrogens is 390 g/mol. The van der Waals surface area contributed by atoms with Crippen LogP contribution in [0.25, 0.3) is 0 Å². The second-order valence-electron chi connectivity index (χ2n) is 6.16. The van der Waals surface area contributed by atoms with Gasteiger partial charge in [-0.25, -0.2) is 0 Å². The molecular formula is C20H19N5O3S. The van der Waals surface area contributed by atoms with E-state index >= 15 is 0 Å². The lowest BCUT2D eigenvalue weighted by atomic mass is 10.1. The van der Waals surface area contributed by atoms with Gasteiger partial charge >= 0.3 is 0 Å². The fourth-order valence-electron chi connectivity index (χ4n) is 2.49. The molecule has 0 fully saturated rings. The van der Waals surface area contributed by atoms with Crippen LogP contribution in [-0.2, 0) is 16.0 Å². The van der Waals surface area contributed by atoms with E-state index in [1.807, 2.05) is 30.3 Å². The predicted molar refractivity (Wildman–Crippen MR) is 112 cm³/mol. The van der Waals surface area contributed by atoms with E-state index in [1.165, 1.54) is 6.92 Å². The summed E-state index contributed by atoms with van der Waals surface area (Å²) in [6, 6.07) is 16.3. The first-order valence-electron chi connectivity index (χ1n) is 8.80. The molecule has 0 aliphatic heterocycles. The zero-order valence-corrected chi connectivity index (χ0v) is 16.5. The van der Waals surface area contributed by atoms with Crippen molar-refractivity contribution in [3.8, 4) is 0 Å². The second-order valence-corrected chi connectivity index (χ2v) is 7.13. The number of amides is 2. The highest BCUT2D eigenvalue weighted by Gasteiger charge is 2.09. The third-order valence-electron chi connectivity index (χ3n) is 3.79. The molecule has 0 saturated carbocycles. The predicted octanol–water partition coefficient (Wildman–Crippen LogP) is 2.44. The number of rotatable bonds is 7. The molecule has 0 unspecified atom stereocenters. The van der Waals surface area contributed by atoms with Gasteiger partial charge in [0.2, 0.25) is 11.8 Å². The van der Waals surface area contributed by atoms with Gasteiger partial charge in [-0.15, -0.1) is 10.2 Å². The molecule has 0 atom stereocenters. The average molecular weight is 409 g/mol. The van der Waals surface area contributed by atoms with Crippen LogP contribution in [0.2, 0.25) is 0 Å². The molecule has 0 aliphatic carbocycles. The first-order valence-corrected chi connectivity index (χ1v) is 9.78. The van der Waals surface area contributed by atoms with Crippen molar-refractivity contribution >= 4 is 35.0 Å². The summed E-state index contributed by atoms with van der Waals surface area (Å²) in [4.78, 5) is 38.0. The molecule has 0 aliphatic rings. The fourth-order valence-corrected chi connectivity index (χ4v) is 3.09. The first kappa shape index (κ1) is 20.3. The van der Waals surface area contributed by atoms with Crippen LogP contribution in [-0.4, -0.2) is 32.7 Å². The zero-order valence-electron chi connectivity index (χ0n) is 15.6. The van der Waals surface area contributed by atoms with Gasteiger partial charge in [0.05, 0.1) is 5.75 Å². The Labute approximate surface area is 171 Å². The Hall–Kier alpha value is -3.46. The molecule has 29 heavy (non-hydrogen) atoms. The van der Waals surface area contributed by atoms with Crippen molar-refractivity contribution in [2.24, 2.45) is 0 Å². The van der Waals surface area contributed by atoms with Crippen LogP contribution in [0, 0.1) is 0 Å². The van der Waals surface area contributed by atoms with Crippen LogP contribution in [0.5, 0.6) is 0 Å². The minimum absolute atomic E-state index is 0.0656. The standard InChI is InChI=1S/C20H19N5O3S/c1-13(26)21-15-7-9-16(10-8-15)22-18(27)12-29-20-23-19(28)17(24-25-20)11-14-5-3-2-4-6-14/h2-10H,11-12H2,1H3,(H,21,26)(H,22,27)(H,23,25,28). The van der Waals surface area contributed by atoms with Gasteiger partial charge in [0.1, 0.15) is 5.69 Å². The number of hydrogen-bond donors (Lipinski definition) is 3. The maximum atomic E-state index is 12.2. The fraction of sp³-hybridized carbons (Fsp3) is 0.150. The Morgan fingerprint density at radius 1 is 0.966 bits per heavy atom. The number of nitrogens with one attached hydrogen (secondary N) is 3. The van der Waals surface area contributed by atoms with Gasteiger partial charge in [0.15, 0.2) is 5.16 Å². The molecule has 0 spiro atoms. The van der Waals surface area contributed by atoms with Crippen molar-refractivity contribution in [2.45, 2.75) is 18.5 Å². The maximum Gasteiger partial charge on any atom is 0.273 e. The van der Waals surface area contributed by atoms with E-state index < -0.39 is 0 Å². The van der Waals surface area contributed by atoms with Crippen LogP contribution < -0.4 is 16.2 Å². The summed E-state index contributed by atoms with van der Waals surface area (Å²) in [6.07, 6.45) is 0.392. The number of benzene rings is 2. The van der Waals surface area contributed by atoms with Crippen molar-refractivity contribution in [2.75, 3.05) is 16.4 Å². The Bertz CT molecular complexity index is 1050. The highest BCUT2D eigenvalue weighted by Crippen LogP contribution is 2.15. The lowest BCUT2D eigenvalue weighted by Gasteiger charge is -2.07. The second kappa shape index (κ2) is 9.65. The topological polar surface area (TPSA) is 117 Å². The number of nitrogens with zero attached hydrogens (tertiary/aromatic N) is 2. The van der Waals surface area contributed by atoms with E-state index in [9.17, 15) is 14.4 Å². The quantitative estimate of drug-likeness (QED) is 0.516. The molecule has 0 bridgehead atoms. The number of hydrogen-bond acceptors (Lipinski definition) is 6. The summed E-state index contributed by atoms with van der Waals surface area (Å²) in [6.45, 7) is 1.42. The molecule has 2 amide bonds. The van der Waals surface area contributed by atoms with E-state index in [2.05, 4.69) is 25.8 Å². The Kier molecular flexibility index (Phi) is 6.75. The van der Waals surface area contributed by atoms with Gasteiger partial charge in [-0.3, -0.25) is 19.4 Å². The third kappa shape index (κ3) is 6.28. The van der Waals surface area contributed by atoms with E-state index in [0.29, 0.717) is 23.5 Å².